The van der Waals surface area contributed by atoms with Gasteiger partial charge in [0, 0.05) is 12.3 Å². The average molecular weight is 190 g/mol. The predicted molar refractivity (Wildman–Crippen MR) is 53.6 cm³/mol. The average Bonchev–Trinajstić information content (AvgIpc) is 2.70. The minimum absolute atomic E-state index is 0.518. The summed E-state index contributed by atoms with van der Waals surface area (Å²) in [6.45, 7) is 0. The number of rotatable bonds is 2. The van der Waals surface area contributed by atoms with E-state index < -0.39 is 0 Å². The van der Waals surface area contributed by atoms with Crippen LogP contribution < -0.4 is 16.6 Å². The van der Waals surface area contributed by atoms with Gasteiger partial charge in [-0.25, -0.2) is 5.84 Å². The number of hydrogen-bond donors (Lipinski definition) is 3. The van der Waals surface area contributed by atoms with Gasteiger partial charge in [-0.1, -0.05) is 0 Å². The summed E-state index contributed by atoms with van der Waals surface area (Å²) in [6.07, 6.45) is 4.79. The normalized spacial score (nSPS) is 10.1. The zero-order chi connectivity index (χ0) is 9.97. The van der Waals surface area contributed by atoms with E-state index >= 15 is 0 Å². The van der Waals surface area contributed by atoms with Gasteiger partial charge in [0.05, 0.1) is 23.8 Å². The summed E-state index contributed by atoms with van der Waals surface area (Å²) in [5.74, 6) is 6.49. The highest BCUT2D eigenvalue weighted by molar-refractivity contribution is 5.70. The van der Waals surface area contributed by atoms with Crippen LogP contribution in [0.2, 0.25) is 0 Å². The van der Waals surface area contributed by atoms with E-state index in [9.17, 15) is 0 Å². The molecule has 6 heteroatoms. The second kappa shape index (κ2) is 3.35. The highest BCUT2D eigenvalue weighted by Gasteiger charge is 2.08. The summed E-state index contributed by atoms with van der Waals surface area (Å²) in [5.41, 5.74) is 6.91. The van der Waals surface area contributed by atoms with Gasteiger partial charge < -0.3 is 5.73 Å². The summed E-state index contributed by atoms with van der Waals surface area (Å²) >= 11 is 0. The molecule has 0 saturated carbocycles. The van der Waals surface area contributed by atoms with Crippen molar-refractivity contribution >= 4 is 17.2 Å². The van der Waals surface area contributed by atoms with Crippen molar-refractivity contribution in [2.75, 3.05) is 10.7 Å². The molecule has 0 saturated heterocycles. The largest absolute Gasteiger partial charge is 0.396 e. The summed E-state index contributed by atoms with van der Waals surface area (Å²) in [7, 11) is 0. The zero-order valence-corrected chi connectivity index (χ0v) is 7.38. The fourth-order valence-electron chi connectivity index (χ4n) is 1.13. The van der Waals surface area contributed by atoms with Crippen molar-refractivity contribution in [3.8, 4) is 0 Å². The van der Waals surface area contributed by atoms with Crippen LogP contribution in [0.25, 0.3) is 0 Å². The number of anilines is 3. The first-order valence-electron chi connectivity index (χ1n) is 4.02. The first-order valence-corrected chi connectivity index (χ1v) is 4.02. The van der Waals surface area contributed by atoms with Gasteiger partial charge in [0.2, 0.25) is 0 Å². The Labute approximate surface area is 80.5 Å². The summed E-state index contributed by atoms with van der Waals surface area (Å²) in [4.78, 5) is 3.88. The molecule has 5 N–H and O–H groups in total. The van der Waals surface area contributed by atoms with Crippen LogP contribution in [0, 0.1) is 0 Å². The molecule has 0 aliphatic heterocycles. The van der Waals surface area contributed by atoms with E-state index in [1.54, 1.807) is 30.7 Å². The number of aromatic amines is 1. The molecule has 0 radical (unpaired) electrons. The van der Waals surface area contributed by atoms with Gasteiger partial charge in [-0.15, -0.1) is 0 Å². The van der Waals surface area contributed by atoms with Gasteiger partial charge in [0.25, 0.3) is 0 Å². The maximum absolute atomic E-state index is 5.82. The van der Waals surface area contributed by atoms with Crippen LogP contribution in [-0.2, 0) is 0 Å². The van der Waals surface area contributed by atoms with Gasteiger partial charge in [-0.3, -0.25) is 15.1 Å². The Kier molecular flexibility index (Phi) is 2.04. The van der Waals surface area contributed by atoms with Crippen LogP contribution in [0.1, 0.15) is 0 Å². The van der Waals surface area contributed by atoms with Crippen molar-refractivity contribution in [3.05, 3.63) is 30.7 Å². The second-order valence-electron chi connectivity index (χ2n) is 2.75. The standard InChI is InChI=1S/C8H10N6/c9-6-5-11-3-1-7(6)14(10)8-2-4-12-13-8/h1-5H,9-10H2,(H,12,13). The molecule has 0 atom stereocenters. The first kappa shape index (κ1) is 8.52. The Morgan fingerprint density at radius 2 is 2.14 bits per heavy atom. The number of nitrogen functional groups attached to an aromatic ring is 1. The molecular formula is C8H10N6. The van der Waals surface area contributed by atoms with Crippen LogP contribution >= 0.6 is 0 Å². The number of hydrazine groups is 1. The molecule has 2 rings (SSSR count). The molecule has 2 aromatic rings. The Hall–Kier alpha value is -2.08. The van der Waals surface area contributed by atoms with E-state index in [-0.39, 0.29) is 0 Å². The summed E-state index contributed by atoms with van der Waals surface area (Å²) in [6, 6.07) is 3.48. The number of aromatic nitrogens is 3. The molecule has 0 unspecified atom stereocenters. The molecule has 0 fully saturated rings. The molecule has 0 amide bonds. The lowest BCUT2D eigenvalue weighted by Gasteiger charge is -2.17. The Morgan fingerprint density at radius 1 is 1.29 bits per heavy atom. The minimum atomic E-state index is 0.518. The van der Waals surface area contributed by atoms with E-state index in [2.05, 4.69) is 15.2 Å². The molecule has 72 valence electrons. The first-order chi connectivity index (χ1) is 6.79. The van der Waals surface area contributed by atoms with Crippen molar-refractivity contribution in [1.29, 1.82) is 0 Å². The molecule has 0 aromatic carbocycles. The van der Waals surface area contributed by atoms with E-state index in [1.165, 1.54) is 5.01 Å². The summed E-state index contributed by atoms with van der Waals surface area (Å²) in [5, 5.41) is 7.95. The predicted octanol–water partition coefficient (Wildman–Crippen LogP) is 0.399. The van der Waals surface area contributed by atoms with Crippen LogP contribution in [0.4, 0.5) is 17.2 Å². The van der Waals surface area contributed by atoms with Crippen LogP contribution in [-0.4, -0.2) is 15.2 Å². The quantitative estimate of drug-likeness (QED) is 0.470. The Balaban J connectivity index is 2.37. The Morgan fingerprint density at radius 3 is 2.79 bits per heavy atom. The number of hydrogen-bond acceptors (Lipinski definition) is 5. The van der Waals surface area contributed by atoms with Crippen molar-refractivity contribution in [1.82, 2.24) is 15.2 Å². The lowest BCUT2D eigenvalue weighted by atomic mass is 10.3. The fourth-order valence-corrected chi connectivity index (χ4v) is 1.13. The van der Waals surface area contributed by atoms with E-state index in [0.717, 1.165) is 0 Å². The molecule has 0 aliphatic rings. The SMILES string of the molecule is Nc1cnccc1N(N)c1ccn[nH]1. The highest BCUT2D eigenvalue weighted by Crippen LogP contribution is 2.23. The van der Waals surface area contributed by atoms with Gasteiger partial charge in [-0.2, -0.15) is 5.10 Å². The van der Waals surface area contributed by atoms with Gasteiger partial charge in [0.15, 0.2) is 0 Å². The molecular weight excluding hydrogens is 180 g/mol. The van der Waals surface area contributed by atoms with E-state index in [1.807, 2.05) is 0 Å². The van der Waals surface area contributed by atoms with E-state index in [4.69, 9.17) is 11.6 Å². The van der Waals surface area contributed by atoms with Crippen molar-refractivity contribution in [3.63, 3.8) is 0 Å². The van der Waals surface area contributed by atoms with Gasteiger partial charge in [-0.05, 0) is 6.07 Å². The summed E-state index contributed by atoms with van der Waals surface area (Å²) < 4.78 is 0. The maximum atomic E-state index is 5.82. The van der Waals surface area contributed by atoms with Crippen LogP contribution in [0.3, 0.4) is 0 Å². The van der Waals surface area contributed by atoms with E-state index in [0.29, 0.717) is 17.2 Å². The van der Waals surface area contributed by atoms with Crippen molar-refractivity contribution in [2.45, 2.75) is 0 Å². The van der Waals surface area contributed by atoms with Crippen LogP contribution in [0.15, 0.2) is 30.7 Å². The molecule has 14 heavy (non-hydrogen) atoms. The van der Waals surface area contributed by atoms with Crippen LogP contribution in [0.5, 0.6) is 0 Å². The third-order valence-electron chi connectivity index (χ3n) is 1.83. The third-order valence-corrected chi connectivity index (χ3v) is 1.83. The number of nitrogens with two attached hydrogens (primary N) is 2. The number of pyridine rings is 1. The zero-order valence-electron chi connectivity index (χ0n) is 7.38. The maximum Gasteiger partial charge on any atom is 0.143 e. The van der Waals surface area contributed by atoms with Gasteiger partial charge in [0.1, 0.15) is 5.82 Å². The number of nitrogens with zero attached hydrogens (tertiary/aromatic N) is 3. The number of H-pyrrole nitrogens is 1. The second-order valence-corrected chi connectivity index (χ2v) is 2.75. The molecule has 0 aliphatic carbocycles. The molecule has 2 aromatic heterocycles. The Bertz CT molecular complexity index is 410. The van der Waals surface area contributed by atoms with Crippen molar-refractivity contribution < 1.29 is 0 Å². The molecule has 2 heterocycles. The number of nitrogens with one attached hydrogen (secondary N) is 1. The molecule has 0 spiro atoms. The van der Waals surface area contributed by atoms with Gasteiger partial charge >= 0.3 is 0 Å². The molecule has 0 bridgehead atoms. The smallest absolute Gasteiger partial charge is 0.143 e. The molecule has 6 nitrogen and oxygen atoms in total. The fraction of sp³-hybridized carbons (Fsp3) is 0. The topological polar surface area (TPSA) is 96.8 Å². The third kappa shape index (κ3) is 1.38. The highest BCUT2D eigenvalue weighted by atomic mass is 15.5. The lowest BCUT2D eigenvalue weighted by Crippen LogP contribution is -2.26. The lowest BCUT2D eigenvalue weighted by molar-refractivity contribution is 0.994. The van der Waals surface area contributed by atoms with Crippen molar-refractivity contribution in [2.24, 2.45) is 5.84 Å². The minimum Gasteiger partial charge on any atom is -0.396 e. The monoisotopic (exact) mass is 190 g/mol.